The molecule has 1 heterocycles. The number of carbonyl (C=O) groups is 2. The number of ether oxygens (including phenoxy) is 2. The summed E-state index contributed by atoms with van der Waals surface area (Å²) in [6.07, 6.45) is -0.757. The van der Waals surface area contributed by atoms with Gasteiger partial charge in [0.15, 0.2) is 11.6 Å². The first-order valence-corrected chi connectivity index (χ1v) is 9.01. The van der Waals surface area contributed by atoms with Gasteiger partial charge in [-0.15, -0.1) is 0 Å². The minimum absolute atomic E-state index is 0.0347. The van der Waals surface area contributed by atoms with Crippen LogP contribution in [0.5, 0.6) is 5.75 Å². The third-order valence-electron chi connectivity index (χ3n) is 3.58. The molecule has 30 heavy (non-hydrogen) atoms. The van der Waals surface area contributed by atoms with E-state index >= 15 is 0 Å². The van der Waals surface area contributed by atoms with E-state index in [9.17, 15) is 9.59 Å². The summed E-state index contributed by atoms with van der Waals surface area (Å²) < 4.78 is 10.4. The van der Waals surface area contributed by atoms with Gasteiger partial charge in [-0.2, -0.15) is 0 Å². The van der Waals surface area contributed by atoms with Crippen LogP contribution in [-0.2, 0) is 16.0 Å². The molecule has 1 aromatic carbocycles. The van der Waals surface area contributed by atoms with E-state index in [1.807, 2.05) is 30.3 Å². The molecule has 0 saturated carbocycles. The van der Waals surface area contributed by atoms with Crippen LogP contribution in [0.2, 0.25) is 0 Å². The molecular formula is C20H29N5O5. The summed E-state index contributed by atoms with van der Waals surface area (Å²) in [6.45, 7) is 0.465. The highest BCUT2D eigenvalue weighted by molar-refractivity contribution is 5.68. The van der Waals surface area contributed by atoms with E-state index in [1.54, 1.807) is 46.2 Å². The van der Waals surface area contributed by atoms with Crippen LogP contribution in [0.15, 0.2) is 48.7 Å². The van der Waals surface area contributed by atoms with Crippen LogP contribution in [0.4, 0.5) is 15.4 Å². The quantitative estimate of drug-likeness (QED) is 0.707. The fraction of sp³-hybridized carbons (Fsp3) is 0.350. The van der Waals surface area contributed by atoms with Crippen molar-refractivity contribution in [3.63, 3.8) is 0 Å². The van der Waals surface area contributed by atoms with Crippen LogP contribution in [-0.4, -0.2) is 78.6 Å². The molecule has 0 aliphatic carbocycles. The Labute approximate surface area is 176 Å². The first kappa shape index (κ1) is 24.5. The van der Waals surface area contributed by atoms with Crippen LogP contribution in [0.25, 0.3) is 0 Å². The van der Waals surface area contributed by atoms with Gasteiger partial charge in [-0.3, -0.25) is 0 Å². The second-order valence-corrected chi connectivity index (χ2v) is 6.67. The predicted molar refractivity (Wildman–Crippen MR) is 112 cm³/mol. The Bertz CT molecular complexity index is 758. The van der Waals surface area contributed by atoms with E-state index in [0.717, 1.165) is 5.56 Å². The third kappa shape index (κ3) is 8.65. The molecule has 2 aromatic rings. The van der Waals surface area contributed by atoms with Crippen molar-refractivity contribution in [2.24, 2.45) is 0 Å². The zero-order valence-electron chi connectivity index (χ0n) is 17.8. The predicted octanol–water partition coefficient (Wildman–Crippen LogP) is 2.17. The van der Waals surface area contributed by atoms with Gasteiger partial charge in [0.25, 0.3) is 0 Å². The summed E-state index contributed by atoms with van der Waals surface area (Å²) in [4.78, 5) is 31.3. The number of rotatable bonds is 5. The summed E-state index contributed by atoms with van der Waals surface area (Å²) >= 11 is 0. The van der Waals surface area contributed by atoms with E-state index in [2.05, 4.69) is 4.98 Å². The smallest absolute Gasteiger partial charge is 0.413 e. The highest BCUT2D eigenvalue weighted by atomic mass is 16.7. The number of hydrogen-bond donors (Lipinski definition) is 2. The van der Waals surface area contributed by atoms with Crippen LogP contribution >= 0.6 is 0 Å². The molecule has 3 N–H and O–H groups in total. The van der Waals surface area contributed by atoms with E-state index in [-0.39, 0.29) is 11.6 Å². The van der Waals surface area contributed by atoms with Gasteiger partial charge in [-0.25, -0.2) is 19.5 Å². The number of nitrogens with two attached hydrogens (primary N) is 1. The average Bonchev–Trinajstić information content (AvgIpc) is 2.70. The number of nitrogens with zero attached hydrogens (tertiary/aromatic N) is 4. The highest BCUT2D eigenvalue weighted by Crippen LogP contribution is 2.13. The number of nitrogen functional groups attached to an aromatic ring is 1. The number of aromatic hydroxyl groups is 1. The minimum Gasteiger partial charge on any atom is -0.504 e. The van der Waals surface area contributed by atoms with Gasteiger partial charge in [0, 0.05) is 40.9 Å². The normalized spacial score (nSPS) is 10.1. The number of aromatic nitrogens is 1. The summed E-state index contributed by atoms with van der Waals surface area (Å²) in [5, 5.41) is 8.73. The SMILES string of the molecule is CN(C)C(=O)OC(OC(=O)N(C)C)N(C)Cc1ccccc1.Nc1ncccc1O. The lowest BCUT2D eigenvalue weighted by atomic mass is 10.2. The molecule has 0 fully saturated rings. The molecule has 0 radical (unpaired) electrons. The van der Waals surface area contributed by atoms with Crippen LogP contribution in [0.3, 0.4) is 0 Å². The van der Waals surface area contributed by atoms with Crippen LogP contribution < -0.4 is 5.73 Å². The maximum absolute atomic E-state index is 11.7. The Morgan fingerprint density at radius 2 is 1.50 bits per heavy atom. The van der Waals surface area contributed by atoms with Gasteiger partial charge in [-0.1, -0.05) is 30.3 Å². The summed E-state index contributed by atoms with van der Waals surface area (Å²) in [5.41, 5.74) is 6.17. The van der Waals surface area contributed by atoms with E-state index in [0.29, 0.717) is 6.54 Å². The van der Waals surface area contributed by atoms with Gasteiger partial charge < -0.3 is 30.1 Å². The Morgan fingerprint density at radius 3 is 1.90 bits per heavy atom. The van der Waals surface area contributed by atoms with Crippen LogP contribution in [0.1, 0.15) is 5.56 Å². The Morgan fingerprint density at radius 1 is 0.967 bits per heavy atom. The maximum atomic E-state index is 11.7. The minimum atomic E-state index is -1.11. The third-order valence-corrected chi connectivity index (χ3v) is 3.58. The lowest BCUT2D eigenvalue weighted by Crippen LogP contribution is -2.43. The zero-order chi connectivity index (χ0) is 22.7. The molecule has 0 unspecified atom stereocenters. The number of pyridine rings is 1. The molecule has 0 atom stereocenters. The monoisotopic (exact) mass is 419 g/mol. The van der Waals surface area contributed by atoms with Crippen molar-refractivity contribution in [3.05, 3.63) is 54.2 Å². The Hall–Kier alpha value is -3.53. The molecule has 10 heteroatoms. The molecular weight excluding hydrogens is 390 g/mol. The lowest BCUT2D eigenvalue weighted by Gasteiger charge is -2.28. The van der Waals surface area contributed by atoms with E-state index < -0.39 is 18.6 Å². The second kappa shape index (κ2) is 12.1. The van der Waals surface area contributed by atoms with Crippen molar-refractivity contribution in [2.75, 3.05) is 41.0 Å². The van der Waals surface area contributed by atoms with Crippen molar-refractivity contribution in [1.82, 2.24) is 19.7 Å². The molecule has 0 saturated heterocycles. The fourth-order valence-corrected chi connectivity index (χ4v) is 1.94. The first-order valence-electron chi connectivity index (χ1n) is 9.01. The number of amides is 2. The second-order valence-electron chi connectivity index (χ2n) is 6.67. The topological polar surface area (TPSA) is 121 Å². The number of benzene rings is 1. The Kier molecular flexibility index (Phi) is 9.90. The van der Waals surface area contributed by atoms with Gasteiger partial charge >= 0.3 is 18.6 Å². The van der Waals surface area contributed by atoms with Crippen LogP contribution in [0, 0.1) is 0 Å². The van der Waals surface area contributed by atoms with Gasteiger partial charge in [0.2, 0.25) is 0 Å². The standard InChI is InChI=1S/C15H23N3O4.C5H6N2O/c1-16(2)13(19)21-15(22-14(20)17(3)4)18(5)11-12-9-7-6-8-10-12;6-5-4(8)2-1-3-7-5/h6-10,15H,11H2,1-5H3;1-3,8H,(H2,6,7). The molecule has 10 nitrogen and oxygen atoms in total. The first-order chi connectivity index (χ1) is 14.1. The summed E-state index contributed by atoms with van der Waals surface area (Å²) in [5.74, 6) is 0.208. The lowest BCUT2D eigenvalue weighted by molar-refractivity contribution is -0.160. The van der Waals surface area contributed by atoms with Gasteiger partial charge in [0.05, 0.1) is 0 Å². The highest BCUT2D eigenvalue weighted by Gasteiger charge is 2.25. The molecule has 2 amide bonds. The average molecular weight is 419 g/mol. The van der Waals surface area contributed by atoms with Gasteiger partial charge in [-0.05, 0) is 24.7 Å². The maximum Gasteiger partial charge on any atom is 0.413 e. The fourth-order valence-electron chi connectivity index (χ4n) is 1.94. The summed E-state index contributed by atoms with van der Waals surface area (Å²) in [6, 6.07) is 12.7. The number of anilines is 1. The molecule has 1 aromatic heterocycles. The molecule has 2 rings (SSSR count). The van der Waals surface area contributed by atoms with Crippen molar-refractivity contribution < 1.29 is 24.2 Å². The summed E-state index contributed by atoms with van der Waals surface area (Å²) in [7, 11) is 7.95. The molecule has 0 aliphatic rings. The van der Waals surface area contributed by atoms with Gasteiger partial charge in [0.1, 0.15) is 0 Å². The van der Waals surface area contributed by atoms with Crippen molar-refractivity contribution in [3.8, 4) is 5.75 Å². The number of carbonyl (C=O) groups excluding carboxylic acids is 2. The van der Waals surface area contributed by atoms with Crippen molar-refractivity contribution in [1.29, 1.82) is 0 Å². The largest absolute Gasteiger partial charge is 0.504 e. The van der Waals surface area contributed by atoms with Crippen molar-refractivity contribution in [2.45, 2.75) is 13.0 Å². The zero-order valence-corrected chi connectivity index (χ0v) is 17.8. The molecule has 0 spiro atoms. The molecule has 164 valence electrons. The van der Waals surface area contributed by atoms with E-state index in [1.165, 1.54) is 22.1 Å². The number of hydrogen-bond acceptors (Lipinski definition) is 8. The van der Waals surface area contributed by atoms with E-state index in [4.69, 9.17) is 20.3 Å². The molecule has 0 bridgehead atoms. The van der Waals surface area contributed by atoms with Crippen molar-refractivity contribution >= 4 is 18.0 Å². The Balaban J connectivity index is 0.000000467. The molecule has 0 aliphatic heterocycles.